The van der Waals surface area contributed by atoms with Crippen LogP contribution in [0.1, 0.15) is 37.2 Å². The monoisotopic (exact) mass is 344 g/mol. The summed E-state index contributed by atoms with van der Waals surface area (Å²) in [6, 6.07) is 8.12. The number of hydrogen-bond donors (Lipinski definition) is 0. The summed E-state index contributed by atoms with van der Waals surface area (Å²) < 4.78 is 16.4. The van der Waals surface area contributed by atoms with E-state index in [0.717, 1.165) is 24.2 Å². The van der Waals surface area contributed by atoms with Gasteiger partial charge in [-0.1, -0.05) is 6.07 Å². The van der Waals surface area contributed by atoms with Gasteiger partial charge in [-0.15, -0.1) is 0 Å². The lowest BCUT2D eigenvalue weighted by atomic mass is 9.90. The van der Waals surface area contributed by atoms with Gasteiger partial charge >= 0.3 is 6.09 Å². The molecule has 1 heterocycles. The number of likely N-dealkylation sites (tertiary alicyclic amines) is 1. The second-order valence-corrected chi connectivity index (χ2v) is 6.65. The molecule has 0 radical (unpaired) electrons. The van der Waals surface area contributed by atoms with Crippen LogP contribution in [0, 0.1) is 17.2 Å². The molecule has 134 valence electrons. The number of methoxy groups -OCH3 is 2. The highest BCUT2D eigenvalue weighted by atomic mass is 16.5. The van der Waals surface area contributed by atoms with Crippen LogP contribution in [0.2, 0.25) is 0 Å². The number of nitriles is 1. The predicted octanol–water partition coefficient (Wildman–Crippen LogP) is 3.32. The van der Waals surface area contributed by atoms with Crippen LogP contribution in [0.3, 0.4) is 0 Å². The maximum Gasteiger partial charge on any atom is 0.409 e. The third-order valence-electron chi connectivity index (χ3n) is 5.13. The van der Waals surface area contributed by atoms with Crippen molar-refractivity contribution in [3.8, 4) is 17.6 Å². The van der Waals surface area contributed by atoms with Gasteiger partial charge in [0.25, 0.3) is 0 Å². The highest BCUT2D eigenvalue weighted by molar-refractivity contribution is 5.68. The van der Waals surface area contributed by atoms with Crippen LogP contribution in [-0.4, -0.2) is 44.4 Å². The van der Waals surface area contributed by atoms with Crippen molar-refractivity contribution in [3.63, 3.8) is 0 Å². The maximum atomic E-state index is 11.8. The molecular formula is C19H24N2O4. The van der Waals surface area contributed by atoms with Crippen molar-refractivity contribution in [1.82, 2.24) is 4.90 Å². The molecule has 3 rings (SSSR count). The second-order valence-electron chi connectivity index (χ2n) is 6.65. The van der Waals surface area contributed by atoms with E-state index in [1.54, 1.807) is 12.0 Å². The van der Waals surface area contributed by atoms with Gasteiger partial charge in [-0.3, -0.25) is 0 Å². The lowest BCUT2D eigenvalue weighted by molar-refractivity contribution is 0.132. The largest absolute Gasteiger partial charge is 0.493 e. The van der Waals surface area contributed by atoms with Crippen LogP contribution in [0.25, 0.3) is 0 Å². The molecule has 1 saturated carbocycles. The molecule has 2 aliphatic rings. The second kappa shape index (κ2) is 7.64. The lowest BCUT2D eigenvalue weighted by Gasteiger charge is -2.19. The number of carbonyl (C=O) groups excluding carboxylic acids is 1. The van der Waals surface area contributed by atoms with Crippen molar-refractivity contribution in [1.29, 1.82) is 5.26 Å². The molecule has 2 atom stereocenters. The molecule has 6 heteroatoms. The fraction of sp³-hybridized carbons (Fsp3) is 0.579. The van der Waals surface area contributed by atoms with Gasteiger partial charge in [0, 0.05) is 19.0 Å². The summed E-state index contributed by atoms with van der Waals surface area (Å²) in [4.78, 5) is 13.4. The van der Waals surface area contributed by atoms with Gasteiger partial charge in [0.05, 0.1) is 32.3 Å². The minimum absolute atomic E-state index is 0.0547. The number of rotatable bonds is 4. The molecule has 6 nitrogen and oxygen atoms in total. The van der Waals surface area contributed by atoms with E-state index < -0.39 is 6.09 Å². The van der Waals surface area contributed by atoms with Gasteiger partial charge < -0.3 is 19.1 Å². The molecule has 1 aliphatic carbocycles. The molecule has 1 aromatic rings. The Morgan fingerprint density at radius 1 is 1.20 bits per heavy atom. The molecule has 0 bridgehead atoms. The molecule has 0 spiro atoms. The highest BCUT2D eigenvalue weighted by Crippen LogP contribution is 2.38. The van der Waals surface area contributed by atoms with Crippen LogP contribution in [0.15, 0.2) is 18.2 Å². The molecule has 1 saturated heterocycles. The SMILES string of the molecule is COC(=O)N1CC(C#N)C(c2ccc(OC)c(OC3CCCC3)c2)C1. The molecule has 1 aliphatic heterocycles. The zero-order valence-corrected chi connectivity index (χ0v) is 14.7. The number of hydrogen-bond acceptors (Lipinski definition) is 5. The topological polar surface area (TPSA) is 71.8 Å². The number of benzene rings is 1. The smallest absolute Gasteiger partial charge is 0.409 e. The number of ether oxygens (including phenoxy) is 3. The van der Waals surface area contributed by atoms with E-state index in [1.807, 2.05) is 18.2 Å². The average Bonchev–Trinajstić information content (AvgIpc) is 3.30. The van der Waals surface area contributed by atoms with Gasteiger partial charge in [0.2, 0.25) is 0 Å². The van der Waals surface area contributed by atoms with Crippen molar-refractivity contribution >= 4 is 6.09 Å². The highest BCUT2D eigenvalue weighted by Gasteiger charge is 2.37. The van der Waals surface area contributed by atoms with Gasteiger partial charge in [0.15, 0.2) is 11.5 Å². The van der Waals surface area contributed by atoms with Crippen molar-refractivity contribution in [2.75, 3.05) is 27.3 Å². The molecule has 2 fully saturated rings. The average molecular weight is 344 g/mol. The normalized spacial score (nSPS) is 23.3. The predicted molar refractivity (Wildman–Crippen MR) is 91.7 cm³/mol. The molecular weight excluding hydrogens is 320 g/mol. The van der Waals surface area contributed by atoms with E-state index in [4.69, 9.17) is 14.2 Å². The molecule has 25 heavy (non-hydrogen) atoms. The fourth-order valence-electron chi connectivity index (χ4n) is 3.75. The third-order valence-corrected chi connectivity index (χ3v) is 5.13. The minimum atomic E-state index is -0.390. The Bertz CT molecular complexity index is 664. The first-order valence-electron chi connectivity index (χ1n) is 8.73. The summed E-state index contributed by atoms with van der Waals surface area (Å²) in [5.41, 5.74) is 0.992. The Labute approximate surface area is 148 Å². The van der Waals surface area contributed by atoms with E-state index in [1.165, 1.54) is 20.0 Å². The van der Waals surface area contributed by atoms with Gasteiger partial charge in [-0.25, -0.2) is 4.79 Å². The summed E-state index contributed by atoms with van der Waals surface area (Å²) in [5, 5.41) is 9.49. The lowest BCUT2D eigenvalue weighted by Crippen LogP contribution is -2.28. The maximum absolute atomic E-state index is 11.8. The third kappa shape index (κ3) is 3.65. The number of amides is 1. The first kappa shape index (κ1) is 17.4. The van der Waals surface area contributed by atoms with Crippen molar-refractivity contribution in [3.05, 3.63) is 23.8 Å². The Kier molecular flexibility index (Phi) is 5.32. The molecule has 1 amide bonds. The Hall–Kier alpha value is -2.42. The summed E-state index contributed by atoms with van der Waals surface area (Å²) >= 11 is 0. The van der Waals surface area contributed by atoms with Crippen LogP contribution in [0.5, 0.6) is 11.5 Å². The number of nitrogens with zero attached hydrogens (tertiary/aromatic N) is 2. The van der Waals surface area contributed by atoms with E-state index in [-0.39, 0.29) is 17.9 Å². The first-order chi connectivity index (χ1) is 12.2. The number of carbonyl (C=O) groups is 1. The molecule has 0 aromatic heterocycles. The van der Waals surface area contributed by atoms with E-state index in [2.05, 4.69) is 6.07 Å². The first-order valence-corrected chi connectivity index (χ1v) is 8.73. The summed E-state index contributed by atoms with van der Waals surface area (Å²) in [6.07, 6.45) is 4.35. The van der Waals surface area contributed by atoms with Crippen LogP contribution < -0.4 is 9.47 Å². The zero-order valence-electron chi connectivity index (χ0n) is 14.7. The summed E-state index contributed by atoms with van der Waals surface area (Å²) in [6.45, 7) is 0.860. The zero-order chi connectivity index (χ0) is 17.8. The van der Waals surface area contributed by atoms with Crippen LogP contribution in [0.4, 0.5) is 4.79 Å². The fourth-order valence-corrected chi connectivity index (χ4v) is 3.75. The Morgan fingerprint density at radius 3 is 2.60 bits per heavy atom. The van der Waals surface area contributed by atoms with Gasteiger partial charge in [-0.05, 0) is 43.4 Å². The van der Waals surface area contributed by atoms with Crippen molar-refractivity contribution < 1.29 is 19.0 Å². The van der Waals surface area contributed by atoms with Crippen LogP contribution >= 0.6 is 0 Å². The standard InChI is InChI=1S/C19H24N2O4/c1-23-17-8-7-13(9-18(17)25-15-5-3-4-6-15)16-12-21(19(22)24-2)11-14(16)10-20/h7-9,14-16H,3-6,11-12H2,1-2H3. The summed E-state index contributed by atoms with van der Waals surface area (Å²) in [5.74, 6) is 1.11. The Morgan fingerprint density at radius 2 is 1.96 bits per heavy atom. The minimum Gasteiger partial charge on any atom is -0.493 e. The molecule has 1 aromatic carbocycles. The van der Waals surface area contributed by atoms with E-state index in [0.29, 0.717) is 18.8 Å². The quantitative estimate of drug-likeness (QED) is 0.838. The van der Waals surface area contributed by atoms with E-state index in [9.17, 15) is 10.1 Å². The summed E-state index contributed by atoms with van der Waals surface area (Å²) in [7, 11) is 2.99. The van der Waals surface area contributed by atoms with Crippen LogP contribution in [-0.2, 0) is 4.74 Å². The Balaban J connectivity index is 1.83. The van der Waals surface area contributed by atoms with Gasteiger partial charge in [0.1, 0.15) is 0 Å². The molecule has 2 unspecified atom stereocenters. The van der Waals surface area contributed by atoms with E-state index >= 15 is 0 Å². The van der Waals surface area contributed by atoms with Crippen molar-refractivity contribution in [2.45, 2.75) is 37.7 Å². The molecule has 0 N–H and O–H groups in total. The van der Waals surface area contributed by atoms with Gasteiger partial charge in [-0.2, -0.15) is 5.26 Å². The van der Waals surface area contributed by atoms with Crippen molar-refractivity contribution in [2.24, 2.45) is 5.92 Å².